The first kappa shape index (κ1) is 11.2. The van der Waals surface area contributed by atoms with Crippen molar-refractivity contribution in [2.45, 2.75) is 13.5 Å². The summed E-state index contributed by atoms with van der Waals surface area (Å²) in [7, 11) is 0. The molecule has 0 aliphatic heterocycles. The fourth-order valence-corrected chi connectivity index (χ4v) is 1.40. The van der Waals surface area contributed by atoms with E-state index in [0.29, 0.717) is 23.4 Å². The third kappa shape index (κ3) is 2.44. The lowest BCUT2D eigenvalue weighted by atomic mass is 10.2. The van der Waals surface area contributed by atoms with E-state index in [0.717, 1.165) is 0 Å². The molecule has 0 saturated heterocycles. The largest absolute Gasteiger partial charge is 0.467 e. The highest BCUT2D eigenvalue weighted by atomic mass is 16.4. The Bertz CT molecular complexity index is 538. The number of amides is 1. The van der Waals surface area contributed by atoms with Crippen LogP contribution in [-0.2, 0) is 6.54 Å². The first-order valence-electron chi connectivity index (χ1n) is 5.07. The van der Waals surface area contributed by atoms with Gasteiger partial charge in [0.1, 0.15) is 11.5 Å². The van der Waals surface area contributed by atoms with E-state index in [9.17, 15) is 9.59 Å². The fraction of sp³-hybridized carbons (Fsp3) is 0.167. The Kier molecular flexibility index (Phi) is 3.09. The Morgan fingerprint density at radius 3 is 2.88 bits per heavy atom. The van der Waals surface area contributed by atoms with Crippen molar-refractivity contribution in [3.63, 3.8) is 0 Å². The minimum atomic E-state index is -0.341. The molecule has 0 atom stereocenters. The van der Waals surface area contributed by atoms with Gasteiger partial charge in [-0.3, -0.25) is 9.59 Å². The highest BCUT2D eigenvalue weighted by Crippen LogP contribution is 2.09. The molecule has 2 heterocycles. The van der Waals surface area contributed by atoms with Gasteiger partial charge in [-0.1, -0.05) is 0 Å². The minimum Gasteiger partial charge on any atom is -0.467 e. The van der Waals surface area contributed by atoms with Crippen LogP contribution in [0.5, 0.6) is 0 Å². The second-order valence-electron chi connectivity index (χ2n) is 3.51. The maximum atomic E-state index is 11.6. The van der Waals surface area contributed by atoms with Gasteiger partial charge in [0.05, 0.1) is 18.4 Å². The summed E-state index contributed by atoms with van der Waals surface area (Å²) in [5.74, 6) is 0.992. The normalized spacial score (nSPS) is 10.2. The smallest absolute Gasteiger partial charge is 0.287 e. The van der Waals surface area contributed by atoms with Crippen molar-refractivity contribution in [1.82, 2.24) is 5.32 Å². The maximum Gasteiger partial charge on any atom is 0.287 e. The van der Waals surface area contributed by atoms with E-state index in [2.05, 4.69) is 5.32 Å². The standard InChI is InChI=1S/C12H11NO4/c1-8-2-3-10(17-8)12(15)13-6-11-9(7-14)4-5-16-11/h2-5,7H,6H2,1H3,(H,13,15). The molecule has 2 aromatic heterocycles. The molecule has 1 amide bonds. The number of furan rings is 2. The van der Waals surface area contributed by atoms with E-state index < -0.39 is 0 Å². The van der Waals surface area contributed by atoms with Gasteiger partial charge >= 0.3 is 0 Å². The molecule has 1 N–H and O–H groups in total. The summed E-state index contributed by atoms with van der Waals surface area (Å²) in [6.45, 7) is 1.91. The first-order valence-corrected chi connectivity index (χ1v) is 5.07. The van der Waals surface area contributed by atoms with Crippen LogP contribution >= 0.6 is 0 Å². The molecule has 0 aromatic carbocycles. The Balaban J connectivity index is 1.99. The van der Waals surface area contributed by atoms with E-state index in [4.69, 9.17) is 8.83 Å². The molecule has 0 bridgehead atoms. The van der Waals surface area contributed by atoms with Crippen molar-refractivity contribution in [3.05, 3.63) is 47.3 Å². The Hall–Kier alpha value is -2.30. The van der Waals surface area contributed by atoms with E-state index in [1.54, 1.807) is 25.1 Å². The van der Waals surface area contributed by atoms with Crippen molar-refractivity contribution < 1.29 is 18.4 Å². The van der Waals surface area contributed by atoms with Crippen LogP contribution in [0.3, 0.4) is 0 Å². The molecule has 0 aliphatic rings. The van der Waals surface area contributed by atoms with Crippen molar-refractivity contribution in [2.75, 3.05) is 0 Å². The average Bonchev–Trinajstić information content (AvgIpc) is 2.94. The third-order valence-electron chi connectivity index (χ3n) is 2.28. The van der Waals surface area contributed by atoms with Crippen molar-refractivity contribution in [2.24, 2.45) is 0 Å². The second-order valence-corrected chi connectivity index (χ2v) is 3.51. The number of aryl methyl sites for hydroxylation is 1. The van der Waals surface area contributed by atoms with E-state index in [1.807, 2.05) is 0 Å². The molecule has 2 rings (SSSR count). The van der Waals surface area contributed by atoms with Gasteiger partial charge in [0.15, 0.2) is 12.0 Å². The molecule has 0 saturated carbocycles. The molecule has 5 heteroatoms. The summed E-state index contributed by atoms with van der Waals surface area (Å²) in [6, 6.07) is 4.84. The van der Waals surface area contributed by atoms with Crippen molar-refractivity contribution in [3.8, 4) is 0 Å². The zero-order valence-corrected chi connectivity index (χ0v) is 9.23. The summed E-state index contributed by atoms with van der Waals surface area (Å²) >= 11 is 0. The van der Waals surface area contributed by atoms with Gasteiger partial charge in [-0.25, -0.2) is 0 Å². The SMILES string of the molecule is Cc1ccc(C(=O)NCc2occc2C=O)o1. The number of hydrogen-bond donors (Lipinski definition) is 1. The van der Waals surface area contributed by atoms with Crippen LogP contribution in [0.25, 0.3) is 0 Å². The van der Waals surface area contributed by atoms with Crippen molar-refractivity contribution >= 4 is 12.2 Å². The number of carbonyl (C=O) groups excluding carboxylic acids is 2. The molecule has 17 heavy (non-hydrogen) atoms. The topological polar surface area (TPSA) is 72.5 Å². The average molecular weight is 233 g/mol. The van der Waals surface area contributed by atoms with Crippen LogP contribution < -0.4 is 5.32 Å². The lowest BCUT2D eigenvalue weighted by Gasteiger charge is -2.00. The number of aldehydes is 1. The van der Waals surface area contributed by atoms with Gasteiger partial charge in [0.2, 0.25) is 0 Å². The molecule has 0 radical (unpaired) electrons. The quantitative estimate of drug-likeness (QED) is 0.819. The fourth-order valence-electron chi connectivity index (χ4n) is 1.40. The number of carbonyl (C=O) groups is 2. The number of rotatable bonds is 4. The number of nitrogens with one attached hydrogen (secondary N) is 1. The maximum absolute atomic E-state index is 11.6. The van der Waals surface area contributed by atoms with E-state index in [-0.39, 0.29) is 18.2 Å². The molecule has 0 aliphatic carbocycles. The van der Waals surface area contributed by atoms with Crippen molar-refractivity contribution in [1.29, 1.82) is 0 Å². The summed E-state index contributed by atoms with van der Waals surface area (Å²) in [4.78, 5) is 22.2. The van der Waals surface area contributed by atoms with Crippen LogP contribution in [0.2, 0.25) is 0 Å². The van der Waals surface area contributed by atoms with Crippen LogP contribution in [0.15, 0.2) is 33.3 Å². The molecule has 88 valence electrons. The highest BCUT2D eigenvalue weighted by molar-refractivity contribution is 5.91. The molecule has 5 nitrogen and oxygen atoms in total. The summed E-state index contributed by atoms with van der Waals surface area (Å²) < 4.78 is 10.2. The predicted molar refractivity (Wildman–Crippen MR) is 58.7 cm³/mol. The predicted octanol–water partition coefficient (Wildman–Crippen LogP) is 1.92. The van der Waals surface area contributed by atoms with Gasteiger partial charge in [-0.05, 0) is 25.1 Å². The summed E-state index contributed by atoms with van der Waals surface area (Å²) in [5, 5.41) is 2.60. The third-order valence-corrected chi connectivity index (χ3v) is 2.28. The number of hydrogen-bond acceptors (Lipinski definition) is 4. The molecular formula is C12H11NO4. The lowest BCUT2D eigenvalue weighted by molar-refractivity contribution is 0.0917. The molecular weight excluding hydrogens is 222 g/mol. The van der Waals surface area contributed by atoms with E-state index >= 15 is 0 Å². The monoisotopic (exact) mass is 233 g/mol. The lowest BCUT2D eigenvalue weighted by Crippen LogP contribution is -2.22. The van der Waals surface area contributed by atoms with Gasteiger partial charge in [0.25, 0.3) is 5.91 Å². The van der Waals surface area contributed by atoms with Gasteiger partial charge < -0.3 is 14.2 Å². The first-order chi connectivity index (χ1) is 8.20. The van der Waals surface area contributed by atoms with Crippen LogP contribution in [0.1, 0.15) is 32.4 Å². The second kappa shape index (κ2) is 4.69. The minimum absolute atomic E-state index is 0.152. The molecule has 0 spiro atoms. The van der Waals surface area contributed by atoms with Gasteiger partial charge in [-0.15, -0.1) is 0 Å². The van der Waals surface area contributed by atoms with Crippen LogP contribution in [0, 0.1) is 6.92 Å². The molecule has 2 aromatic rings. The highest BCUT2D eigenvalue weighted by Gasteiger charge is 2.11. The van der Waals surface area contributed by atoms with Crippen LogP contribution in [0.4, 0.5) is 0 Å². The molecule has 0 fully saturated rings. The Morgan fingerprint density at radius 1 is 1.41 bits per heavy atom. The van der Waals surface area contributed by atoms with E-state index in [1.165, 1.54) is 6.26 Å². The Morgan fingerprint density at radius 2 is 2.24 bits per heavy atom. The summed E-state index contributed by atoms with van der Waals surface area (Å²) in [5.41, 5.74) is 0.431. The van der Waals surface area contributed by atoms with Gasteiger partial charge in [0, 0.05) is 0 Å². The molecule has 0 unspecified atom stereocenters. The zero-order valence-electron chi connectivity index (χ0n) is 9.23. The van der Waals surface area contributed by atoms with Crippen LogP contribution in [-0.4, -0.2) is 12.2 Å². The zero-order chi connectivity index (χ0) is 12.3. The van der Waals surface area contributed by atoms with Gasteiger partial charge in [-0.2, -0.15) is 0 Å². The Labute approximate surface area is 97.4 Å². The summed E-state index contributed by atoms with van der Waals surface area (Å²) in [6.07, 6.45) is 2.09.